The minimum absolute atomic E-state index is 0.443. The van der Waals surface area contributed by atoms with Crippen LogP contribution in [0, 0.1) is 0 Å². The number of hydrogen-bond acceptors (Lipinski definition) is 2. The number of nitrogens with one attached hydrogen (secondary N) is 1. The van der Waals surface area contributed by atoms with Crippen LogP contribution >= 0.6 is 11.3 Å². The second-order valence-corrected chi connectivity index (χ2v) is 5.27. The Morgan fingerprint density at radius 2 is 2.18 bits per heavy atom. The predicted molar refractivity (Wildman–Crippen MR) is 78.6 cm³/mol. The van der Waals surface area contributed by atoms with Gasteiger partial charge in [-0.2, -0.15) is 0 Å². The van der Waals surface area contributed by atoms with Crippen LogP contribution < -0.4 is 5.32 Å². The summed E-state index contributed by atoms with van der Waals surface area (Å²) in [5.41, 5.74) is 2.73. The summed E-state index contributed by atoms with van der Waals surface area (Å²) in [5, 5.41) is 7.05. The van der Waals surface area contributed by atoms with Gasteiger partial charge in [-0.1, -0.05) is 36.8 Å². The molecule has 0 amide bonds. The summed E-state index contributed by atoms with van der Waals surface area (Å²) >= 11 is 1.82. The van der Waals surface area contributed by atoms with Gasteiger partial charge in [-0.25, -0.2) is 0 Å². The van der Waals surface area contributed by atoms with Crippen molar-refractivity contribution >= 4 is 27.5 Å². The Hall–Kier alpha value is -1.12. The maximum Gasteiger partial charge on any atom is 0.0348 e. The summed E-state index contributed by atoms with van der Waals surface area (Å²) in [6.07, 6.45) is 2.30. The highest BCUT2D eigenvalue weighted by Gasteiger charge is 2.05. The van der Waals surface area contributed by atoms with Crippen molar-refractivity contribution in [1.29, 1.82) is 0 Å². The van der Waals surface area contributed by atoms with Crippen molar-refractivity contribution < 1.29 is 0 Å². The lowest BCUT2D eigenvalue weighted by Crippen LogP contribution is -2.26. The molecule has 1 aromatic heterocycles. The van der Waals surface area contributed by atoms with E-state index in [1.165, 1.54) is 21.2 Å². The molecule has 1 unspecified atom stereocenters. The average molecular weight is 245 g/mol. The van der Waals surface area contributed by atoms with E-state index in [1.54, 1.807) is 0 Å². The van der Waals surface area contributed by atoms with E-state index in [9.17, 15) is 0 Å². The fraction of sp³-hybridized carbons (Fsp3) is 0.333. The van der Waals surface area contributed by atoms with Gasteiger partial charge in [0.05, 0.1) is 0 Å². The molecule has 2 heteroatoms. The van der Waals surface area contributed by atoms with E-state index in [-0.39, 0.29) is 0 Å². The monoisotopic (exact) mass is 245 g/mol. The maximum absolute atomic E-state index is 3.44. The highest BCUT2D eigenvalue weighted by atomic mass is 32.1. The van der Waals surface area contributed by atoms with E-state index in [0.29, 0.717) is 6.04 Å². The van der Waals surface area contributed by atoms with Gasteiger partial charge in [0, 0.05) is 10.7 Å². The van der Waals surface area contributed by atoms with Gasteiger partial charge >= 0.3 is 0 Å². The van der Waals surface area contributed by atoms with Crippen molar-refractivity contribution in [2.75, 3.05) is 6.54 Å². The molecule has 0 fully saturated rings. The Kier molecular flexibility index (Phi) is 3.97. The van der Waals surface area contributed by atoms with E-state index in [0.717, 1.165) is 6.54 Å². The Bertz CT molecular complexity index is 524. The van der Waals surface area contributed by atoms with Crippen LogP contribution in [0.25, 0.3) is 16.2 Å². The lowest BCUT2D eigenvalue weighted by Gasteiger charge is -2.12. The van der Waals surface area contributed by atoms with Gasteiger partial charge in [-0.3, -0.25) is 0 Å². The molecule has 0 aliphatic carbocycles. The first kappa shape index (κ1) is 12.3. The molecule has 1 aromatic carbocycles. The SMILES string of the molecule is CCNC(C)/C(C)=C/c1csc2ccccc12. The second kappa shape index (κ2) is 5.48. The first-order valence-electron chi connectivity index (χ1n) is 6.10. The summed E-state index contributed by atoms with van der Waals surface area (Å²) in [4.78, 5) is 0. The third-order valence-corrected chi connectivity index (χ3v) is 4.07. The quantitative estimate of drug-likeness (QED) is 0.846. The Balaban J connectivity index is 2.31. The lowest BCUT2D eigenvalue weighted by atomic mass is 10.1. The molecule has 0 spiro atoms. The smallest absolute Gasteiger partial charge is 0.0348 e. The summed E-state index contributed by atoms with van der Waals surface area (Å²) < 4.78 is 1.36. The zero-order valence-corrected chi connectivity index (χ0v) is 11.5. The third-order valence-electron chi connectivity index (χ3n) is 3.09. The lowest BCUT2D eigenvalue weighted by molar-refractivity contribution is 0.636. The molecule has 2 rings (SSSR count). The first-order chi connectivity index (χ1) is 8.22. The fourth-order valence-corrected chi connectivity index (χ4v) is 2.87. The molecule has 1 atom stereocenters. The number of fused-ring (bicyclic) bond motifs is 1. The van der Waals surface area contributed by atoms with Gasteiger partial charge in [0.15, 0.2) is 0 Å². The molecule has 2 aromatic rings. The molecule has 17 heavy (non-hydrogen) atoms. The van der Waals surface area contributed by atoms with Crippen LogP contribution in [-0.2, 0) is 0 Å². The first-order valence-corrected chi connectivity index (χ1v) is 6.98. The number of rotatable bonds is 4. The van der Waals surface area contributed by atoms with Crippen LogP contribution in [0.4, 0.5) is 0 Å². The molecular weight excluding hydrogens is 226 g/mol. The minimum atomic E-state index is 0.443. The van der Waals surface area contributed by atoms with Crippen molar-refractivity contribution in [3.05, 3.63) is 40.8 Å². The number of benzene rings is 1. The second-order valence-electron chi connectivity index (χ2n) is 4.35. The van der Waals surface area contributed by atoms with E-state index in [2.05, 4.69) is 61.8 Å². The molecule has 0 saturated carbocycles. The van der Waals surface area contributed by atoms with Gasteiger partial charge < -0.3 is 5.32 Å². The Morgan fingerprint density at radius 1 is 1.41 bits per heavy atom. The van der Waals surface area contributed by atoms with Crippen LogP contribution in [0.15, 0.2) is 35.2 Å². The summed E-state index contributed by atoms with van der Waals surface area (Å²) in [6, 6.07) is 9.03. The Labute approximate surface area is 107 Å². The van der Waals surface area contributed by atoms with Crippen LogP contribution in [0.1, 0.15) is 26.3 Å². The number of hydrogen-bond donors (Lipinski definition) is 1. The molecule has 90 valence electrons. The number of likely N-dealkylation sites (N-methyl/N-ethyl adjacent to an activating group) is 1. The van der Waals surface area contributed by atoms with Gasteiger partial charge in [-0.05, 0) is 42.8 Å². The van der Waals surface area contributed by atoms with Crippen molar-refractivity contribution in [1.82, 2.24) is 5.32 Å². The standard InChI is InChI=1S/C15H19NS/c1-4-16-12(3)11(2)9-13-10-17-15-8-6-5-7-14(13)15/h5-10,12,16H,4H2,1-3H3/b11-9+. The summed E-state index contributed by atoms with van der Waals surface area (Å²) in [7, 11) is 0. The van der Waals surface area contributed by atoms with Crippen molar-refractivity contribution in [3.63, 3.8) is 0 Å². The minimum Gasteiger partial charge on any atom is -0.311 e. The highest BCUT2D eigenvalue weighted by Crippen LogP contribution is 2.27. The molecule has 0 radical (unpaired) electrons. The number of thiophene rings is 1. The van der Waals surface area contributed by atoms with E-state index in [4.69, 9.17) is 0 Å². The van der Waals surface area contributed by atoms with Crippen LogP contribution in [0.5, 0.6) is 0 Å². The van der Waals surface area contributed by atoms with Crippen LogP contribution in [0.3, 0.4) is 0 Å². The van der Waals surface area contributed by atoms with Crippen molar-refractivity contribution in [2.24, 2.45) is 0 Å². The third kappa shape index (κ3) is 2.76. The van der Waals surface area contributed by atoms with E-state index < -0.39 is 0 Å². The van der Waals surface area contributed by atoms with E-state index in [1.807, 2.05) is 11.3 Å². The predicted octanol–water partition coefficient (Wildman–Crippen LogP) is 4.30. The molecule has 0 saturated heterocycles. The summed E-state index contributed by atoms with van der Waals surface area (Å²) in [6.45, 7) is 7.56. The van der Waals surface area contributed by atoms with Gasteiger partial charge in [0.1, 0.15) is 0 Å². The molecule has 1 N–H and O–H groups in total. The van der Waals surface area contributed by atoms with Crippen LogP contribution in [0.2, 0.25) is 0 Å². The Morgan fingerprint density at radius 3 is 2.94 bits per heavy atom. The van der Waals surface area contributed by atoms with Crippen molar-refractivity contribution in [3.8, 4) is 0 Å². The normalized spacial score (nSPS) is 14.2. The zero-order valence-electron chi connectivity index (χ0n) is 10.7. The van der Waals surface area contributed by atoms with Gasteiger partial charge in [0.25, 0.3) is 0 Å². The topological polar surface area (TPSA) is 12.0 Å². The molecule has 0 aliphatic rings. The largest absolute Gasteiger partial charge is 0.311 e. The average Bonchev–Trinajstić information content (AvgIpc) is 2.73. The molecule has 0 aliphatic heterocycles. The molecule has 1 nitrogen and oxygen atoms in total. The maximum atomic E-state index is 3.44. The molecular formula is C15H19NS. The highest BCUT2D eigenvalue weighted by molar-refractivity contribution is 7.17. The van der Waals surface area contributed by atoms with Gasteiger partial charge in [-0.15, -0.1) is 11.3 Å². The zero-order chi connectivity index (χ0) is 12.3. The van der Waals surface area contributed by atoms with Crippen LogP contribution in [-0.4, -0.2) is 12.6 Å². The van der Waals surface area contributed by atoms with Gasteiger partial charge in [0.2, 0.25) is 0 Å². The summed E-state index contributed by atoms with van der Waals surface area (Å²) in [5.74, 6) is 0. The molecule has 1 heterocycles. The molecule has 0 bridgehead atoms. The fourth-order valence-electron chi connectivity index (χ4n) is 1.95. The van der Waals surface area contributed by atoms with Crippen molar-refractivity contribution in [2.45, 2.75) is 26.8 Å². The van der Waals surface area contributed by atoms with E-state index >= 15 is 0 Å².